The monoisotopic (exact) mass is 423 g/mol. The van der Waals surface area contributed by atoms with Crippen LogP contribution >= 0.6 is 0 Å². The van der Waals surface area contributed by atoms with Gasteiger partial charge in [-0.1, -0.05) is 6.92 Å². The lowest BCUT2D eigenvalue weighted by molar-refractivity contribution is -0.136. The van der Waals surface area contributed by atoms with Crippen LogP contribution < -0.4 is 9.47 Å². The van der Waals surface area contributed by atoms with E-state index in [1.165, 1.54) is 0 Å². The number of amides is 1. The maximum absolute atomic E-state index is 12.8. The van der Waals surface area contributed by atoms with Gasteiger partial charge in [0.2, 0.25) is 5.91 Å². The van der Waals surface area contributed by atoms with E-state index in [1.54, 1.807) is 74.6 Å². The molecular formula is C25H29NO5. The van der Waals surface area contributed by atoms with Crippen molar-refractivity contribution >= 4 is 17.5 Å². The molecule has 31 heavy (non-hydrogen) atoms. The average molecular weight is 424 g/mol. The van der Waals surface area contributed by atoms with E-state index < -0.39 is 5.92 Å². The van der Waals surface area contributed by atoms with Crippen LogP contribution in [0.3, 0.4) is 0 Å². The van der Waals surface area contributed by atoms with Crippen LogP contribution in [0.15, 0.2) is 48.5 Å². The van der Waals surface area contributed by atoms with Gasteiger partial charge < -0.3 is 14.4 Å². The van der Waals surface area contributed by atoms with Crippen LogP contribution in [-0.4, -0.2) is 49.7 Å². The minimum atomic E-state index is -0.400. The van der Waals surface area contributed by atoms with Crippen molar-refractivity contribution in [3.05, 3.63) is 59.7 Å². The van der Waals surface area contributed by atoms with Crippen molar-refractivity contribution in [2.45, 2.75) is 26.2 Å². The fraction of sp³-hybridized carbons (Fsp3) is 0.400. The molecule has 1 aliphatic heterocycles. The Bertz CT molecular complexity index is 912. The summed E-state index contributed by atoms with van der Waals surface area (Å²) in [5, 5.41) is 0. The number of carbonyl (C=O) groups is 3. The van der Waals surface area contributed by atoms with Gasteiger partial charge in [-0.25, -0.2) is 0 Å². The van der Waals surface area contributed by atoms with Crippen LogP contribution in [-0.2, 0) is 4.79 Å². The second kappa shape index (κ2) is 10.2. The SMILES string of the molecule is COc1ccc(C(=O)C[C@H](C)C(=O)N2CCC(C(=O)c3ccc(OC)cc3)CC2)cc1. The first-order valence-corrected chi connectivity index (χ1v) is 10.6. The summed E-state index contributed by atoms with van der Waals surface area (Å²) in [5.74, 6) is 0.933. The number of ketones is 2. The first-order valence-electron chi connectivity index (χ1n) is 10.6. The van der Waals surface area contributed by atoms with Crippen LogP contribution in [0.2, 0.25) is 0 Å². The fourth-order valence-electron chi connectivity index (χ4n) is 3.92. The summed E-state index contributed by atoms with van der Waals surface area (Å²) in [4.78, 5) is 39.9. The van der Waals surface area contributed by atoms with Crippen LogP contribution in [0.25, 0.3) is 0 Å². The number of piperidine rings is 1. The average Bonchev–Trinajstić information content (AvgIpc) is 2.83. The molecule has 1 saturated heterocycles. The molecule has 0 saturated carbocycles. The van der Waals surface area contributed by atoms with Crippen molar-refractivity contribution < 1.29 is 23.9 Å². The Hall–Kier alpha value is -3.15. The molecule has 0 spiro atoms. The number of rotatable bonds is 8. The zero-order chi connectivity index (χ0) is 22.4. The zero-order valence-electron chi connectivity index (χ0n) is 18.3. The Kier molecular flexibility index (Phi) is 7.45. The summed E-state index contributed by atoms with van der Waals surface area (Å²) in [5.41, 5.74) is 1.24. The molecule has 1 amide bonds. The molecule has 2 aromatic carbocycles. The number of benzene rings is 2. The lowest BCUT2D eigenvalue weighted by Gasteiger charge is -2.33. The molecule has 1 aliphatic rings. The summed E-state index contributed by atoms with van der Waals surface area (Å²) >= 11 is 0. The Morgan fingerprint density at radius 1 is 0.871 bits per heavy atom. The molecule has 1 atom stereocenters. The third kappa shape index (κ3) is 5.51. The summed E-state index contributed by atoms with van der Waals surface area (Å²) in [7, 11) is 3.17. The summed E-state index contributed by atoms with van der Waals surface area (Å²) in [6.07, 6.45) is 1.43. The third-order valence-corrected chi connectivity index (χ3v) is 5.88. The van der Waals surface area contributed by atoms with Crippen LogP contribution in [0.4, 0.5) is 0 Å². The standard InChI is InChI=1S/C25H29NO5/c1-17(16-23(27)18-4-8-21(30-2)9-5-18)25(29)26-14-12-20(13-15-26)24(28)19-6-10-22(31-3)11-7-19/h4-11,17,20H,12-16H2,1-3H3/t17-/m0/s1. The second-order valence-corrected chi connectivity index (χ2v) is 7.95. The van der Waals surface area contributed by atoms with E-state index in [4.69, 9.17) is 9.47 Å². The van der Waals surface area contributed by atoms with Crippen molar-refractivity contribution in [1.82, 2.24) is 4.90 Å². The quantitative estimate of drug-likeness (QED) is 0.600. The van der Waals surface area contributed by atoms with Gasteiger partial charge in [0.15, 0.2) is 11.6 Å². The highest BCUT2D eigenvalue weighted by atomic mass is 16.5. The number of ether oxygens (including phenoxy) is 2. The van der Waals surface area contributed by atoms with Crippen molar-refractivity contribution in [3.8, 4) is 11.5 Å². The summed E-state index contributed by atoms with van der Waals surface area (Å²) < 4.78 is 10.2. The molecule has 164 valence electrons. The molecule has 0 unspecified atom stereocenters. The van der Waals surface area contributed by atoms with E-state index in [9.17, 15) is 14.4 Å². The normalized spacial score (nSPS) is 15.3. The number of nitrogens with zero attached hydrogens (tertiary/aromatic N) is 1. The lowest BCUT2D eigenvalue weighted by atomic mass is 9.88. The van der Waals surface area contributed by atoms with E-state index >= 15 is 0 Å². The van der Waals surface area contributed by atoms with Crippen LogP contribution in [0, 0.1) is 11.8 Å². The Balaban J connectivity index is 1.51. The van der Waals surface area contributed by atoms with Gasteiger partial charge in [-0.3, -0.25) is 14.4 Å². The summed E-state index contributed by atoms with van der Waals surface area (Å²) in [6.45, 7) is 2.86. The second-order valence-electron chi connectivity index (χ2n) is 7.95. The van der Waals surface area contributed by atoms with Gasteiger partial charge in [-0.15, -0.1) is 0 Å². The zero-order valence-corrected chi connectivity index (χ0v) is 18.3. The van der Waals surface area contributed by atoms with E-state index in [0.717, 1.165) is 5.75 Å². The van der Waals surface area contributed by atoms with Crippen molar-refractivity contribution in [2.24, 2.45) is 11.8 Å². The minimum Gasteiger partial charge on any atom is -0.497 e. The first-order chi connectivity index (χ1) is 14.9. The smallest absolute Gasteiger partial charge is 0.225 e. The molecule has 0 aromatic heterocycles. The topological polar surface area (TPSA) is 72.9 Å². The molecule has 1 heterocycles. The lowest BCUT2D eigenvalue weighted by Crippen LogP contribution is -2.43. The van der Waals surface area contributed by atoms with Crippen LogP contribution in [0.5, 0.6) is 11.5 Å². The number of hydrogen-bond acceptors (Lipinski definition) is 5. The molecule has 3 rings (SSSR count). The van der Waals surface area contributed by atoms with Gasteiger partial charge in [0.25, 0.3) is 0 Å². The van der Waals surface area contributed by atoms with Crippen molar-refractivity contribution in [1.29, 1.82) is 0 Å². The molecular weight excluding hydrogens is 394 g/mol. The van der Waals surface area contributed by atoms with Gasteiger partial charge in [0, 0.05) is 42.5 Å². The maximum Gasteiger partial charge on any atom is 0.225 e. The van der Waals surface area contributed by atoms with Gasteiger partial charge in [0.1, 0.15) is 11.5 Å². The van der Waals surface area contributed by atoms with Crippen molar-refractivity contribution in [2.75, 3.05) is 27.3 Å². The van der Waals surface area contributed by atoms with Gasteiger partial charge in [0.05, 0.1) is 14.2 Å². The molecule has 6 heteroatoms. The molecule has 0 radical (unpaired) electrons. The molecule has 6 nitrogen and oxygen atoms in total. The van der Waals surface area contributed by atoms with Gasteiger partial charge >= 0.3 is 0 Å². The number of methoxy groups -OCH3 is 2. The Morgan fingerprint density at radius 2 is 1.35 bits per heavy atom. The van der Waals surface area contributed by atoms with Crippen LogP contribution in [0.1, 0.15) is 46.9 Å². The number of likely N-dealkylation sites (tertiary alicyclic amines) is 1. The largest absolute Gasteiger partial charge is 0.497 e. The Labute approximate surface area is 183 Å². The molecule has 0 N–H and O–H groups in total. The molecule has 2 aromatic rings. The highest BCUT2D eigenvalue weighted by Gasteiger charge is 2.30. The van der Waals surface area contributed by atoms with Gasteiger partial charge in [-0.05, 0) is 61.4 Å². The fourth-order valence-corrected chi connectivity index (χ4v) is 3.92. The maximum atomic E-state index is 12.8. The number of hydrogen-bond donors (Lipinski definition) is 0. The van der Waals surface area contributed by atoms with E-state index in [0.29, 0.717) is 42.8 Å². The predicted molar refractivity (Wildman–Crippen MR) is 118 cm³/mol. The number of Topliss-reactive ketones (excluding diaryl/α,β-unsaturated/α-hetero) is 2. The van der Waals surface area contributed by atoms with Crippen molar-refractivity contribution in [3.63, 3.8) is 0 Å². The minimum absolute atomic E-state index is 0.0304. The predicted octanol–water partition coefficient (Wildman–Crippen LogP) is 4.03. The van der Waals surface area contributed by atoms with E-state index in [2.05, 4.69) is 0 Å². The highest BCUT2D eigenvalue weighted by Crippen LogP contribution is 2.25. The Morgan fingerprint density at radius 3 is 1.84 bits per heavy atom. The highest BCUT2D eigenvalue weighted by molar-refractivity contribution is 5.99. The van der Waals surface area contributed by atoms with Gasteiger partial charge in [-0.2, -0.15) is 0 Å². The molecule has 0 aliphatic carbocycles. The summed E-state index contributed by atoms with van der Waals surface area (Å²) in [6, 6.07) is 14.1. The molecule has 1 fully saturated rings. The molecule has 0 bridgehead atoms. The third-order valence-electron chi connectivity index (χ3n) is 5.88. The van der Waals surface area contributed by atoms with E-state index in [1.807, 2.05) is 0 Å². The first kappa shape index (κ1) is 22.5. The number of carbonyl (C=O) groups excluding carboxylic acids is 3. The van der Waals surface area contributed by atoms with E-state index in [-0.39, 0.29) is 29.8 Å².